The summed E-state index contributed by atoms with van der Waals surface area (Å²) >= 11 is 0. The number of hydrogen-bond acceptors (Lipinski definition) is 7. The lowest BCUT2D eigenvalue weighted by atomic mass is 10.0. The Balaban J connectivity index is 2.18. The third-order valence-corrected chi connectivity index (χ3v) is 7.11. The number of aliphatic carboxylic acids is 1. The van der Waals surface area contributed by atoms with Gasteiger partial charge in [-0.15, -0.1) is 0 Å². The molecule has 21 heteroatoms. The van der Waals surface area contributed by atoms with Crippen LogP contribution >= 0.6 is 15.4 Å². The van der Waals surface area contributed by atoms with Crippen molar-refractivity contribution in [3.63, 3.8) is 0 Å². The second kappa shape index (κ2) is 14.3. The number of amides is 3. The van der Waals surface area contributed by atoms with E-state index in [0.717, 1.165) is 30.3 Å². The van der Waals surface area contributed by atoms with E-state index in [1.807, 2.05) is 0 Å². The first kappa shape index (κ1) is 36.3. The minimum Gasteiger partial charge on any atom is -0.481 e. The van der Waals surface area contributed by atoms with Crippen LogP contribution < -0.4 is 20.9 Å². The molecule has 0 bridgehead atoms. The summed E-state index contributed by atoms with van der Waals surface area (Å²) < 4.78 is 80.8. The van der Waals surface area contributed by atoms with E-state index >= 15 is 0 Å². The molecule has 0 aromatic heterocycles. The van der Waals surface area contributed by atoms with E-state index in [2.05, 4.69) is 15.2 Å². The summed E-state index contributed by atoms with van der Waals surface area (Å²) in [4.78, 5) is 84.1. The van der Waals surface area contributed by atoms with Crippen molar-refractivity contribution in [3.05, 3.63) is 64.7 Å². The van der Waals surface area contributed by atoms with Crippen LogP contribution in [-0.4, -0.2) is 60.5 Å². The summed E-state index contributed by atoms with van der Waals surface area (Å²) in [6, 6.07) is 2.27. The van der Waals surface area contributed by atoms with Crippen LogP contribution in [0.4, 0.5) is 17.6 Å². The summed E-state index contributed by atoms with van der Waals surface area (Å²) in [5.74, 6) is -5.88. The number of halogens is 4. The number of phosphoric ester groups is 1. The van der Waals surface area contributed by atoms with Crippen LogP contribution in [0.2, 0.25) is 0 Å². The normalized spacial score (nSPS) is 13.6. The Morgan fingerprint density at radius 3 is 1.95 bits per heavy atom. The molecule has 0 heterocycles. The lowest BCUT2D eigenvalue weighted by Crippen LogP contribution is -2.54. The number of carbonyl (C=O) groups excluding carboxylic acids is 3. The topological polar surface area (TPSA) is 263 Å². The SMILES string of the molecule is NC(=O)[C@H](Cc1ccc(OP(=O)(O)O)c(C(F)F)c1)NC(=O)[C@H](CC(=O)O)NC(=O)Cc1ccc(C(F)(F)P(=O)(O)O)cc1. The first-order chi connectivity index (χ1) is 20.1. The van der Waals surface area contributed by atoms with Crippen LogP contribution in [0, 0.1) is 0 Å². The molecule has 3 amide bonds. The number of nitrogens with one attached hydrogen (secondary N) is 2. The van der Waals surface area contributed by atoms with E-state index in [1.165, 1.54) is 0 Å². The number of carbonyl (C=O) groups is 4. The quantitative estimate of drug-likeness (QED) is 0.0974. The van der Waals surface area contributed by atoms with Gasteiger partial charge in [0.1, 0.15) is 17.8 Å². The highest BCUT2D eigenvalue weighted by Crippen LogP contribution is 2.59. The number of carboxylic acids is 1. The predicted molar refractivity (Wildman–Crippen MR) is 139 cm³/mol. The van der Waals surface area contributed by atoms with Crippen molar-refractivity contribution in [1.82, 2.24) is 10.6 Å². The molecule has 0 aliphatic rings. The van der Waals surface area contributed by atoms with E-state index in [9.17, 15) is 51.0 Å². The number of primary amides is 1. The molecule has 44 heavy (non-hydrogen) atoms. The predicted octanol–water partition coefficient (Wildman–Crippen LogP) is 1.04. The minimum absolute atomic E-state index is 0.0262. The molecule has 0 fully saturated rings. The van der Waals surface area contributed by atoms with Crippen molar-refractivity contribution in [1.29, 1.82) is 0 Å². The van der Waals surface area contributed by atoms with E-state index < -0.39 is 99.4 Å². The number of benzene rings is 2. The number of alkyl halides is 4. The molecule has 2 atom stereocenters. The van der Waals surface area contributed by atoms with Gasteiger partial charge in [-0.3, -0.25) is 33.5 Å². The average molecular weight is 673 g/mol. The molecule has 0 unspecified atom stereocenters. The van der Waals surface area contributed by atoms with Gasteiger partial charge in [0.15, 0.2) is 0 Å². The lowest BCUT2D eigenvalue weighted by molar-refractivity contribution is -0.140. The fourth-order valence-corrected chi connectivity index (χ4v) is 4.55. The van der Waals surface area contributed by atoms with Gasteiger partial charge < -0.3 is 35.8 Å². The summed E-state index contributed by atoms with van der Waals surface area (Å²) in [6.07, 6.45) is -5.47. The highest BCUT2D eigenvalue weighted by atomic mass is 31.2. The smallest absolute Gasteiger partial charge is 0.481 e. The van der Waals surface area contributed by atoms with E-state index in [1.54, 1.807) is 0 Å². The molecule has 0 saturated heterocycles. The van der Waals surface area contributed by atoms with Crippen LogP contribution in [0.25, 0.3) is 0 Å². The van der Waals surface area contributed by atoms with Gasteiger partial charge in [-0.25, -0.2) is 13.3 Å². The second-order valence-electron chi connectivity index (χ2n) is 9.10. The van der Waals surface area contributed by atoms with Gasteiger partial charge in [0.25, 0.3) is 6.43 Å². The number of carboxylic acid groups (broad SMARTS) is 1. The first-order valence-corrected chi connectivity index (χ1v) is 15.0. The van der Waals surface area contributed by atoms with Crippen molar-refractivity contribution in [2.24, 2.45) is 5.73 Å². The molecule has 15 nitrogen and oxygen atoms in total. The highest BCUT2D eigenvalue weighted by Gasteiger charge is 2.50. The molecular formula is C23H25F4N3O12P2. The lowest BCUT2D eigenvalue weighted by Gasteiger charge is -2.22. The van der Waals surface area contributed by atoms with Crippen LogP contribution in [-0.2, 0) is 46.8 Å². The largest absolute Gasteiger partial charge is 0.524 e. The summed E-state index contributed by atoms with van der Waals surface area (Å²) in [5.41, 5.74) is -1.29. The maximum Gasteiger partial charge on any atom is 0.524 e. The zero-order chi connectivity index (χ0) is 33.6. The molecule has 0 saturated carbocycles. The van der Waals surface area contributed by atoms with Crippen molar-refractivity contribution in [2.45, 2.75) is 43.4 Å². The average Bonchev–Trinajstić information content (AvgIpc) is 2.87. The third-order valence-electron chi connectivity index (χ3n) is 5.69. The molecule has 0 radical (unpaired) electrons. The number of phosphoric acid groups is 1. The van der Waals surface area contributed by atoms with Gasteiger partial charge in [0.05, 0.1) is 18.4 Å². The van der Waals surface area contributed by atoms with Crippen LogP contribution in [0.1, 0.15) is 35.1 Å². The molecule has 0 spiro atoms. The Kier molecular flexibility index (Phi) is 11.8. The minimum atomic E-state index is -5.85. The Labute approximate surface area is 244 Å². The van der Waals surface area contributed by atoms with Crippen LogP contribution in [0.3, 0.4) is 0 Å². The number of hydrogen-bond donors (Lipinski definition) is 8. The number of rotatable bonds is 15. The molecule has 2 aromatic carbocycles. The van der Waals surface area contributed by atoms with Crippen LogP contribution in [0.15, 0.2) is 42.5 Å². The van der Waals surface area contributed by atoms with Crippen molar-refractivity contribution >= 4 is 39.1 Å². The van der Waals surface area contributed by atoms with Gasteiger partial charge in [0.2, 0.25) is 17.7 Å². The van der Waals surface area contributed by atoms with Gasteiger partial charge in [-0.1, -0.05) is 30.3 Å². The molecule has 2 rings (SSSR count). The highest BCUT2D eigenvalue weighted by molar-refractivity contribution is 7.52. The van der Waals surface area contributed by atoms with E-state index in [4.69, 9.17) is 25.3 Å². The molecule has 2 aromatic rings. The van der Waals surface area contributed by atoms with Gasteiger partial charge in [-0.05, 0) is 23.3 Å². The monoisotopic (exact) mass is 673 g/mol. The van der Waals surface area contributed by atoms with Crippen molar-refractivity contribution in [3.8, 4) is 5.75 Å². The second-order valence-corrected chi connectivity index (χ2v) is 11.9. The standard InChI is InChI=1S/C23H25F4N3O12P2/c24-20(25)14-7-12(3-6-17(14)42-44(39,40)41)8-15(21(28)34)30-22(35)16(10-19(32)33)29-18(31)9-11-1-4-13(5-2-11)23(26,27)43(36,37)38/h1-7,15-16,20H,8-10H2,(H2,28,34)(H,29,31)(H,30,35)(H,32,33)(H2,36,37,38)(H2,39,40,41)/t15-,16-/m0/s1. The molecule has 0 aliphatic carbocycles. The molecule has 0 aliphatic heterocycles. The molecule has 9 N–H and O–H groups in total. The third kappa shape index (κ3) is 10.4. The zero-order valence-electron chi connectivity index (χ0n) is 22.0. The van der Waals surface area contributed by atoms with Crippen molar-refractivity contribution in [2.75, 3.05) is 0 Å². The van der Waals surface area contributed by atoms with Gasteiger partial charge in [0, 0.05) is 12.0 Å². The zero-order valence-corrected chi connectivity index (χ0v) is 23.8. The Morgan fingerprint density at radius 1 is 0.909 bits per heavy atom. The fourth-order valence-electron chi connectivity index (χ4n) is 3.64. The summed E-state index contributed by atoms with van der Waals surface area (Å²) in [5, 5.41) is 13.3. The number of nitrogens with two attached hydrogens (primary N) is 1. The Morgan fingerprint density at radius 2 is 1.48 bits per heavy atom. The van der Waals surface area contributed by atoms with E-state index in [-0.39, 0.29) is 11.1 Å². The maximum absolute atomic E-state index is 13.8. The van der Waals surface area contributed by atoms with Gasteiger partial charge >= 0.3 is 27.1 Å². The molecular weight excluding hydrogens is 648 g/mol. The summed E-state index contributed by atoms with van der Waals surface area (Å²) in [6.45, 7) is 0. The summed E-state index contributed by atoms with van der Waals surface area (Å²) in [7, 11) is -11.1. The Hall–Kier alpha value is -3.86. The first-order valence-electron chi connectivity index (χ1n) is 11.9. The van der Waals surface area contributed by atoms with E-state index in [0.29, 0.717) is 12.1 Å². The van der Waals surface area contributed by atoms with Gasteiger partial charge in [-0.2, -0.15) is 8.78 Å². The maximum atomic E-state index is 13.8. The fraction of sp³-hybridized carbons (Fsp3) is 0.304. The van der Waals surface area contributed by atoms with Crippen molar-refractivity contribution < 1.29 is 75.1 Å². The Bertz CT molecular complexity index is 1500. The van der Waals surface area contributed by atoms with Crippen LogP contribution in [0.5, 0.6) is 5.75 Å². The molecule has 242 valence electrons.